The third kappa shape index (κ3) is 2.56. The van der Waals surface area contributed by atoms with Gasteiger partial charge in [0, 0.05) is 28.5 Å². The highest BCUT2D eigenvalue weighted by atomic mass is 35.5. The largest absolute Gasteiger partial charge is 0.384 e. The van der Waals surface area contributed by atoms with E-state index >= 15 is 0 Å². The number of halogens is 1. The third-order valence-electron chi connectivity index (χ3n) is 3.16. The Hall–Kier alpha value is -2.00. The van der Waals surface area contributed by atoms with Crippen LogP contribution >= 0.6 is 11.6 Å². The van der Waals surface area contributed by atoms with Crippen molar-refractivity contribution in [2.75, 3.05) is 17.2 Å². The molecule has 2 aromatic rings. The fourth-order valence-electron chi connectivity index (χ4n) is 2.22. The van der Waals surface area contributed by atoms with Crippen LogP contribution in [0.1, 0.15) is 15.9 Å². The zero-order valence-corrected chi connectivity index (χ0v) is 11.0. The van der Waals surface area contributed by atoms with Crippen molar-refractivity contribution < 1.29 is 4.79 Å². The number of benzene rings is 2. The van der Waals surface area contributed by atoms with Crippen LogP contribution in [0.3, 0.4) is 0 Å². The Morgan fingerprint density at radius 3 is 2.95 bits per heavy atom. The topological polar surface area (TPSA) is 41.1 Å². The molecule has 0 fully saturated rings. The first-order valence-corrected chi connectivity index (χ1v) is 6.54. The van der Waals surface area contributed by atoms with Crippen molar-refractivity contribution in [3.05, 3.63) is 58.6 Å². The summed E-state index contributed by atoms with van der Waals surface area (Å²) >= 11 is 5.88. The summed E-state index contributed by atoms with van der Waals surface area (Å²) in [6.07, 6.45) is 0.996. The maximum absolute atomic E-state index is 12.1. The fourth-order valence-corrected chi connectivity index (χ4v) is 2.41. The van der Waals surface area contributed by atoms with Crippen molar-refractivity contribution in [2.24, 2.45) is 0 Å². The predicted molar refractivity (Wildman–Crippen MR) is 78.0 cm³/mol. The molecule has 0 spiro atoms. The van der Waals surface area contributed by atoms with Crippen LogP contribution in [0.5, 0.6) is 0 Å². The first kappa shape index (κ1) is 12.1. The second-order valence-corrected chi connectivity index (χ2v) is 4.95. The molecule has 0 unspecified atom stereocenters. The second-order valence-electron chi connectivity index (χ2n) is 4.51. The van der Waals surface area contributed by atoms with Crippen LogP contribution in [0.2, 0.25) is 5.02 Å². The van der Waals surface area contributed by atoms with Gasteiger partial charge >= 0.3 is 0 Å². The maximum atomic E-state index is 12.1. The van der Waals surface area contributed by atoms with E-state index < -0.39 is 0 Å². The Morgan fingerprint density at radius 2 is 2.11 bits per heavy atom. The molecule has 1 amide bonds. The van der Waals surface area contributed by atoms with Gasteiger partial charge in [-0.15, -0.1) is 0 Å². The molecule has 0 bridgehead atoms. The van der Waals surface area contributed by atoms with Crippen LogP contribution in [-0.2, 0) is 6.42 Å². The lowest BCUT2D eigenvalue weighted by atomic mass is 10.1. The van der Waals surface area contributed by atoms with Crippen molar-refractivity contribution >= 4 is 28.9 Å². The maximum Gasteiger partial charge on any atom is 0.255 e. The zero-order chi connectivity index (χ0) is 13.2. The van der Waals surface area contributed by atoms with Gasteiger partial charge in [-0.2, -0.15) is 0 Å². The molecule has 3 rings (SSSR count). The number of amides is 1. The molecule has 0 atom stereocenters. The Morgan fingerprint density at radius 1 is 1.21 bits per heavy atom. The molecule has 0 aromatic heterocycles. The molecule has 1 heterocycles. The Balaban J connectivity index is 1.80. The lowest BCUT2D eigenvalue weighted by Crippen LogP contribution is -2.11. The minimum Gasteiger partial charge on any atom is -0.384 e. The number of hydrogen-bond acceptors (Lipinski definition) is 2. The molecule has 19 heavy (non-hydrogen) atoms. The fraction of sp³-hybridized carbons (Fsp3) is 0.133. The van der Waals surface area contributed by atoms with Crippen molar-refractivity contribution in [2.45, 2.75) is 6.42 Å². The number of rotatable bonds is 2. The van der Waals surface area contributed by atoms with Crippen molar-refractivity contribution in [3.8, 4) is 0 Å². The molecular formula is C15H13ClN2O. The summed E-state index contributed by atoms with van der Waals surface area (Å²) in [7, 11) is 0. The van der Waals surface area contributed by atoms with E-state index in [1.807, 2.05) is 18.2 Å². The number of fused-ring (bicyclic) bond motifs is 1. The lowest BCUT2D eigenvalue weighted by molar-refractivity contribution is 0.102. The van der Waals surface area contributed by atoms with E-state index in [0.29, 0.717) is 10.6 Å². The summed E-state index contributed by atoms with van der Waals surface area (Å²) in [6, 6.07) is 12.8. The smallest absolute Gasteiger partial charge is 0.255 e. The van der Waals surface area contributed by atoms with E-state index in [9.17, 15) is 4.79 Å². The van der Waals surface area contributed by atoms with E-state index in [4.69, 9.17) is 11.6 Å². The van der Waals surface area contributed by atoms with Gasteiger partial charge in [-0.1, -0.05) is 17.7 Å². The molecule has 2 aromatic carbocycles. The minimum atomic E-state index is -0.145. The summed E-state index contributed by atoms with van der Waals surface area (Å²) in [5, 5.41) is 6.74. The van der Waals surface area contributed by atoms with Gasteiger partial charge in [0.2, 0.25) is 0 Å². The van der Waals surface area contributed by atoms with Gasteiger partial charge in [0.15, 0.2) is 0 Å². The predicted octanol–water partition coefficient (Wildman–Crippen LogP) is 3.56. The number of nitrogens with one attached hydrogen (secondary N) is 2. The molecule has 96 valence electrons. The molecule has 3 nitrogen and oxygen atoms in total. The molecule has 2 N–H and O–H groups in total. The highest BCUT2D eigenvalue weighted by Gasteiger charge is 2.12. The van der Waals surface area contributed by atoms with Gasteiger partial charge in [-0.25, -0.2) is 0 Å². The quantitative estimate of drug-likeness (QED) is 0.878. The molecule has 1 aliphatic rings. The standard InChI is InChI=1S/C15H13ClN2O/c16-12-3-1-2-11(8-12)15(19)18-13-4-5-14-10(9-13)6-7-17-14/h1-5,8-9,17H,6-7H2,(H,18,19). The van der Waals surface area contributed by atoms with Gasteiger partial charge in [0.05, 0.1) is 0 Å². The van der Waals surface area contributed by atoms with Gasteiger partial charge < -0.3 is 10.6 Å². The normalized spacial score (nSPS) is 12.7. The number of anilines is 2. The minimum absolute atomic E-state index is 0.145. The van der Waals surface area contributed by atoms with Gasteiger partial charge in [0.1, 0.15) is 0 Å². The van der Waals surface area contributed by atoms with Crippen molar-refractivity contribution in [1.82, 2.24) is 0 Å². The van der Waals surface area contributed by atoms with Gasteiger partial charge in [0.25, 0.3) is 5.91 Å². The van der Waals surface area contributed by atoms with Gasteiger partial charge in [-0.05, 0) is 48.4 Å². The summed E-state index contributed by atoms with van der Waals surface area (Å²) in [5.41, 5.74) is 3.77. The molecule has 0 aliphatic carbocycles. The zero-order valence-electron chi connectivity index (χ0n) is 10.2. The second kappa shape index (κ2) is 4.94. The average Bonchev–Trinajstić information content (AvgIpc) is 2.86. The van der Waals surface area contributed by atoms with E-state index in [1.165, 1.54) is 5.56 Å². The highest BCUT2D eigenvalue weighted by molar-refractivity contribution is 6.31. The number of hydrogen-bond donors (Lipinski definition) is 2. The molecule has 1 aliphatic heterocycles. The number of carbonyl (C=O) groups excluding carboxylic acids is 1. The van der Waals surface area contributed by atoms with E-state index in [1.54, 1.807) is 24.3 Å². The molecule has 0 saturated heterocycles. The SMILES string of the molecule is O=C(Nc1ccc2c(c1)CCN2)c1cccc(Cl)c1. The monoisotopic (exact) mass is 272 g/mol. The van der Waals surface area contributed by atoms with Crippen LogP contribution in [0.15, 0.2) is 42.5 Å². The summed E-state index contributed by atoms with van der Waals surface area (Å²) < 4.78 is 0. The Kier molecular flexibility index (Phi) is 3.13. The highest BCUT2D eigenvalue weighted by Crippen LogP contribution is 2.25. The Labute approximate surface area is 116 Å². The van der Waals surface area contributed by atoms with E-state index in [-0.39, 0.29) is 5.91 Å². The summed E-state index contributed by atoms with van der Waals surface area (Å²) in [5.74, 6) is -0.145. The molecule has 4 heteroatoms. The van der Waals surface area contributed by atoms with Crippen LogP contribution in [-0.4, -0.2) is 12.5 Å². The van der Waals surface area contributed by atoms with Crippen molar-refractivity contribution in [1.29, 1.82) is 0 Å². The van der Waals surface area contributed by atoms with Crippen LogP contribution in [0, 0.1) is 0 Å². The lowest BCUT2D eigenvalue weighted by Gasteiger charge is -2.07. The van der Waals surface area contributed by atoms with Crippen LogP contribution < -0.4 is 10.6 Å². The van der Waals surface area contributed by atoms with E-state index in [0.717, 1.165) is 24.3 Å². The van der Waals surface area contributed by atoms with E-state index in [2.05, 4.69) is 10.6 Å². The first-order chi connectivity index (χ1) is 9.22. The Bertz CT molecular complexity index is 640. The molecule has 0 radical (unpaired) electrons. The van der Waals surface area contributed by atoms with Crippen LogP contribution in [0.4, 0.5) is 11.4 Å². The van der Waals surface area contributed by atoms with Gasteiger partial charge in [-0.3, -0.25) is 4.79 Å². The first-order valence-electron chi connectivity index (χ1n) is 6.16. The molecular weight excluding hydrogens is 260 g/mol. The molecule has 0 saturated carbocycles. The number of carbonyl (C=O) groups is 1. The van der Waals surface area contributed by atoms with Crippen molar-refractivity contribution in [3.63, 3.8) is 0 Å². The van der Waals surface area contributed by atoms with Crippen LogP contribution in [0.25, 0.3) is 0 Å². The average molecular weight is 273 g/mol. The third-order valence-corrected chi connectivity index (χ3v) is 3.39. The summed E-state index contributed by atoms with van der Waals surface area (Å²) in [4.78, 5) is 12.1. The summed E-state index contributed by atoms with van der Waals surface area (Å²) in [6.45, 7) is 0.959.